The van der Waals surface area contributed by atoms with Crippen molar-refractivity contribution in [2.24, 2.45) is 5.73 Å². The lowest BCUT2D eigenvalue weighted by molar-refractivity contribution is 0.0175. The summed E-state index contributed by atoms with van der Waals surface area (Å²) in [5, 5.41) is 0.633. The number of hydrogen-bond acceptors (Lipinski definition) is 3. The van der Waals surface area contributed by atoms with Crippen molar-refractivity contribution in [3.05, 3.63) is 83.2 Å². The summed E-state index contributed by atoms with van der Waals surface area (Å²) in [4.78, 5) is 6.78. The van der Waals surface area contributed by atoms with Crippen molar-refractivity contribution in [2.45, 2.75) is 45.1 Å². The monoisotopic (exact) mass is 457 g/mol. The fourth-order valence-electron chi connectivity index (χ4n) is 3.84. The number of anilines is 1. The molecule has 0 bridgehead atoms. The van der Waals surface area contributed by atoms with E-state index in [2.05, 4.69) is 16.5 Å². The molecule has 0 saturated carbocycles. The van der Waals surface area contributed by atoms with Gasteiger partial charge < -0.3 is 10.6 Å². The van der Waals surface area contributed by atoms with E-state index in [4.69, 9.17) is 17.3 Å². The standard InChI is InChI=1S/C26H30ClF2N3/c1-4-18(2)15-22(27)10-7-20-16-31-17-24(25(20)32-13-11-23(30)12-14-32)19-5-8-21(9-6-19)26(3,28)29/h4-6,8-10,15-17,23H,1,7,11-14,30H2,2-3H3/b18-15-,22-10+. The molecule has 0 atom stereocenters. The van der Waals surface area contributed by atoms with E-state index in [0.29, 0.717) is 11.5 Å². The number of nitrogens with zero attached hydrogens (tertiary/aromatic N) is 2. The van der Waals surface area contributed by atoms with Crippen molar-refractivity contribution in [1.82, 2.24) is 4.98 Å². The van der Waals surface area contributed by atoms with Crippen molar-refractivity contribution < 1.29 is 8.78 Å². The van der Waals surface area contributed by atoms with Crippen LogP contribution in [0.3, 0.4) is 0 Å². The van der Waals surface area contributed by atoms with Crippen LogP contribution in [0.4, 0.5) is 14.5 Å². The van der Waals surface area contributed by atoms with Crippen LogP contribution in [0.15, 0.2) is 72.1 Å². The minimum atomic E-state index is -2.87. The van der Waals surface area contributed by atoms with E-state index >= 15 is 0 Å². The Morgan fingerprint density at radius 2 is 1.91 bits per heavy atom. The molecule has 1 aromatic heterocycles. The first-order chi connectivity index (χ1) is 15.2. The molecule has 0 aliphatic carbocycles. The molecule has 170 valence electrons. The van der Waals surface area contributed by atoms with Crippen LogP contribution in [0, 0.1) is 0 Å². The third-order valence-electron chi connectivity index (χ3n) is 5.76. The second-order valence-corrected chi connectivity index (χ2v) is 8.81. The number of pyridine rings is 1. The van der Waals surface area contributed by atoms with Crippen LogP contribution in [0.1, 0.15) is 37.8 Å². The maximum atomic E-state index is 13.7. The first-order valence-corrected chi connectivity index (χ1v) is 11.2. The van der Waals surface area contributed by atoms with Crippen LogP contribution in [-0.4, -0.2) is 24.1 Å². The van der Waals surface area contributed by atoms with Crippen molar-refractivity contribution in [2.75, 3.05) is 18.0 Å². The summed E-state index contributed by atoms with van der Waals surface area (Å²) in [6.45, 7) is 8.27. The molecule has 3 nitrogen and oxygen atoms in total. The second kappa shape index (κ2) is 10.4. The number of nitrogens with two attached hydrogens (primary N) is 1. The van der Waals surface area contributed by atoms with E-state index in [0.717, 1.165) is 60.8 Å². The zero-order valence-corrected chi connectivity index (χ0v) is 19.4. The van der Waals surface area contributed by atoms with Gasteiger partial charge in [0.2, 0.25) is 0 Å². The van der Waals surface area contributed by atoms with Crippen molar-refractivity contribution in [3.8, 4) is 11.1 Å². The molecule has 0 unspecified atom stereocenters. The Bertz CT molecular complexity index is 999. The molecular weight excluding hydrogens is 428 g/mol. The van der Waals surface area contributed by atoms with Gasteiger partial charge >= 0.3 is 0 Å². The molecule has 0 amide bonds. The fraction of sp³-hybridized carbons (Fsp3) is 0.346. The normalized spacial score (nSPS) is 16.4. The van der Waals surface area contributed by atoms with E-state index in [1.165, 1.54) is 12.1 Å². The number of piperidine rings is 1. The number of rotatable bonds is 7. The molecular formula is C26H30ClF2N3. The van der Waals surface area contributed by atoms with Crippen molar-refractivity contribution >= 4 is 17.3 Å². The van der Waals surface area contributed by atoms with E-state index in [9.17, 15) is 8.78 Å². The molecule has 1 aromatic carbocycles. The summed E-state index contributed by atoms with van der Waals surface area (Å²) in [5.41, 5.74) is 11.0. The Kier molecular flexibility index (Phi) is 7.86. The van der Waals surface area contributed by atoms with Gasteiger partial charge in [0.25, 0.3) is 5.92 Å². The number of aromatic nitrogens is 1. The summed E-state index contributed by atoms with van der Waals surface area (Å²) in [6, 6.07) is 6.65. The van der Waals surface area contributed by atoms with E-state index in [-0.39, 0.29) is 11.6 Å². The number of hydrogen-bond donors (Lipinski definition) is 1. The topological polar surface area (TPSA) is 42.2 Å². The Balaban J connectivity index is 2.02. The van der Waals surface area contributed by atoms with Gasteiger partial charge in [0.05, 0.1) is 5.69 Å². The number of benzene rings is 1. The minimum absolute atomic E-state index is 0.00468. The van der Waals surface area contributed by atoms with E-state index < -0.39 is 5.92 Å². The number of halogens is 3. The SMILES string of the molecule is C=C/C(C)=C\C(Cl)=C/Cc1cncc(-c2ccc(C(C)(F)F)cc2)c1N1CCC(N)CC1. The smallest absolute Gasteiger partial charge is 0.270 e. The van der Waals surface area contributed by atoms with Gasteiger partial charge in [-0.05, 0) is 43.4 Å². The highest BCUT2D eigenvalue weighted by molar-refractivity contribution is 6.31. The second-order valence-electron chi connectivity index (χ2n) is 8.37. The van der Waals surface area contributed by atoms with E-state index in [1.807, 2.05) is 25.3 Å². The third kappa shape index (κ3) is 6.05. The lowest BCUT2D eigenvalue weighted by Crippen LogP contribution is -2.40. The highest BCUT2D eigenvalue weighted by Crippen LogP contribution is 2.37. The molecule has 0 spiro atoms. The Labute approximate surface area is 194 Å². The highest BCUT2D eigenvalue weighted by atomic mass is 35.5. The predicted molar refractivity (Wildman–Crippen MR) is 130 cm³/mol. The van der Waals surface area contributed by atoms with Crippen molar-refractivity contribution in [3.63, 3.8) is 0 Å². The van der Waals surface area contributed by atoms with Crippen LogP contribution in [-0.2, 0) is 12.3 Å². The van der Waals surface area contributed by atoms with Crippen LogP contribution < -0.4 is 10.6 Å². The van der Waals surface area contributed by atoms with Crippen molar-refractivity contribution in [1.29, 1.82) is 0 Å². The van der Waals surface area contributed by atoms with Gasteiger partial charge in [0.1, 0.15) is 0 Å². The summed E-state index contributed by atoms with van der Waals surface area (Å²) < 4.78 is 27.4. The zero-order chi connectivity index (χ0) is 23.3. The maximum absolute atomic E-state index is 13.7. The van der Waals surface area contributed by atoms with Gasteiger partial charge in [0, 0.05) is 54.6 Å². The van der Waals surface area contributed by atoms with E-state index in [1.54, 1.807) is 24.4 Å². The van der Waals surface area contributed by atoms with Crippen LogP contribution in [0.5, 0.6) is 0 Å². The van der Waals surface area contributed by atoms with Gasteiger partial charge in [0.15, 0.2) is 0 Å². The largest absolute Gasteiger partial charge is 0.371 e. The molecule has 0 radical (unpaired) electrons. The molecule has 1 saturated heterocycles. The Morgan fingerprint density at radius 3 is 2.50 bits per heavy atom. The first kappa shape index (κ1) is 24.1. The third-order valence-corrected chi connectivity index (χ3v) is 6.02. The molecule has 2 heterocycles. The Hall–Kier alpha value is -2.50. The fourth-order valence-corrected chi connectivity index (χ4v) is 4.09. The van der Waals surface area contributed by atoms with Gasteiger partial charge in [-0.3, -0.25) is 4.98 Å². The predicted octanol–water partition coefficient (Wildman–Crippen LogP) is 6.59. The quantitative estimate of drug-likeness (QED) is 0.477. The Morgan fingerprint density at radius 1 is 1.25 bits per heavy atom. The summed E-state index contributed by atoms with van der Waals surface area (Å²) in [6.07, 6.45) is 11.6. The first-order valence-electron chi connectivity index (χ1n) is 10.8. The summed E-state index contributed by atoms with van der Waals surface area (Å²) >= 11 is 6.39. The molecule has 1 aliphatic rings. The van der Waals surface area contributed by atoms with Gasteiger partial charge in [-0.1, -0.05) is 60.2 Å². The molecule has 1 aliphatic heterocycles. The lowest BCUT2D eigenvalue weighted by atomic mass is 9.96. The summed E-state index contributed by atoms with van der Waals surface area (Å²) in [7, 11) is 0. The average molecular weight is 458 g/mol. The maximum Gasteiger partial charge on any atom is 0.270 e. The number of alkyl halides is 2. The molecule has 1 fully saturated rings. The highest BCUT2D eigenvalue weighted by Gasteiger charge is 2.25. The average Bonchev–Trinajstić information content (AvgIpc) is 2.77. The lowest BCUT2D eigenvalue weighted by Gasteiger charge is -2.34. The van der Waals surface area contributed by atoms with Gasteiger partial charge in [-0.25, -0.2) is 8.78 Å². The molecule has 32 heavy (non-hydrogen) atoms. The summed E-state index contributed by atoms with van der Waals surface area (Å²) in [5.74, 6) is -2.87. The molecule has 2 N–H and O–H groups in total. The molecule has 3 rings (SSSR count). The minimum Gasteiger partial charge on any atom is -0.371 e. The van der Waals surface area contributed by atoms with Gasteiger partial charge in [-0.15, -0.1) is 0 Å². The molecule has 2 aromatic rings. The molecule has 6 heteroatoms. The van der Waals surface area contributed by atoms with Crippen LogP contribution >= 0.6 is 11.6 Å². The van der Waals surface area contributed by atoms with Crippen LogP contribution in [0.2, 0.25) is 0 Å². The van der Waals surface area contributed by atoms with Gasteiger partial charge in [-0.2, -0.15) is 0 Å². The zero-order valence-electron chi connectivity index (χ0n) is 18.6. The van der Waals surface area contributed by atoms with Crippen LogP contribution in [0.25, 0.3) is 11.1 Å². The number of allylic oxidation sites excluding steroid dienone is 5.